The molecular weight excluding hydrogens is 190 g/mol. The zero-order valence-corrected chi connectivity index (χ0v) is 8.66. The van der Waals surface area contributed by atoms with Gasteiger partial charge in [0.1, 0.15) is 5.75 Å². The molecule has 0 amide bonds. The number of rotatable bonds is 2. The van der Waals surface area contributed by atoms with E-state index in [2.05, 4.69) is 4.99 Å². The van der Waals surface area contributed by atoms with E-state index >= 15 is 0 Å². The molecule has 1 fully saturated rings. The summed E-state index contributed by atoms with van der Waals surface area (Å²) >= 11 is 0. The topological polar surface area (TPSA) is 49.7 Å². The molecule has 0 unspecified atom stereocenters. The third-order valence-corrected chi connectivity index (χ3v) is 3.17. The van der Waals surface area contributed by atoms with Crippen LogP contribution in [0.15, 0.2) is 23.2 Å². The van der Waals surface area contributed by atoms with Crippen LogP contribution in [0.5, 0.6) is 5.75 Å². The Morgan fingerprint density at radius 1 is 1.47 bits per heavy atom. The van der Waals surface area contributed by atoms with Crippen LogP contribution in [0, 0.1) is 6.92 Å². The summed E-state index contributed by atoms with van der Waals surface area (Å²) in [7, 11) is 0. The van der Waals surface area contributed by atoms with Gasteiger partial charge in [-0.15, -0.1) is 0 Å². The maximum Gasteiger partial charge on any atom is 0.235 e. The number of hydrogen-bond acceptors (Lipinski definition) is 3. The van der Waals surface area contributed by atoms with Crippen molar-refractivity contribution in [3.8, 4) is 5.75 Å². The summed E-state index contributed by atoms with van der Waals surface area (Å²) in [4.78, 5) is 14.3. The van der Waals surface area contributed by atoms with Crippen molar-refractivity contribution in [3.63, 3.8) is 0 Å². The zero-order chi connectivity index (χ0) is 10.9. The summed E-state index contributed by atoms with van der Waals surface area (Å²) in [5.41, 5.74) is 1.47. The van der Waals surface area contributed by atoms with Crippen molar-refractivity contribution in [1.29, 1.82) is 0 Å². The van der Waals surface area contributed by atoms with Crippen LogP contribution in [-0.4, -0.2) is 11.2 Å². The summed E-state index contributed by atoms with van der Waals surface area (Å²) in [5.74, 6) is 0.281. The van der Waals surface area contributed by atoms with E-state index in [0.717, 1.165) is 30.4 Å². The summed E-state index contributed by atoms with van der Waals surface area (Å²) in [6.45, 7) is 1.84. The second kappa shape index (κ2) is 3.52. The van der Waals surface area contributed by atoms with Gasteiger partial charge in [-0.1, -0.05) is 6.07 Å². The molecule has 0 saturated heterocycles. The van der Waals surface area contributed by atoms with Crippen LogP contribution < -0.4 is 0 Å². The highest BCUT2D eigenvalue weighted by Gasteiger charge is 2.38. The highest BCUT2D eigenvalue weighted by atomic mass is 16.3. The van der Waals surface area contributed by atoms with Crippen molar-refractivity contribution in [2.75, 3.05) is 0 Å². The highest BCUT2D eigenvalue weighted by Crippen LogP contribution is 2.45. The van der Waals surface area contributed by atoms with Crippen LogP contribution in [-0.2, 0) is 10.3 Å². The van der Waals surface area contributed by atoms with Gasteiger partial charge in [-0.05, 0) is 49.4 Å². The predicted molar refractivity (Wildman–Crippen MR) is 56.5 cm³/mol. The molecule has 0 atom stereocenters. The Morgan fingerprint density at radius 2 is 2.20 bits per heavy atom. The van der Waals surface area contributed by atoms with Crippen molar-refractivity contribution in [1.82, 2.24) is 0 Å². The van der Waals surface area contributed by atoms with Crippen LogP contribution >= 0.6 is 0 Å². The number of aliphatic imine (C=N–C) groups is 1. The molecule has 0 aliphatic heterocycles. The standard InChI is InChI=1S/C12H13NO2/c1-9-7-10(3-4-11(9)15)12(13-8-14)5-2-6-12/h3-4,7,15H,2,5-6H2,1H3. The van der Waals surface area contributed by atoms with Crippen LogP contribution in [0.25, 0.3) is 0 Å². The molecule has 2 rings (SSSR count). The SMILES string of the molecule is Cc1cc(C2(N=C=O)CCC2)ccc1O. The van der Waals surface area contributed by atoms with E-state index in [0.29, 0.717) is 0 Å². The number of phenolic OH excluding ortho intramolecular Hbond substituents is 1. The molecule has 1 saturated carbocycles. The van der Waals surface area contributed by atoms with Crippen molar-refractivity contribution in [2.45, 2.75) is 31.7 Å². The molecule has 1 aromatic carbocycles. The van der Waals surface area contributed by atoms with Gasteiger partial charge in [0.2, 0.25) is 6.08 Å². The second-order valence-corrected chi connectivity index (χ2v) is 4.09. The number of nitrogens with zero attached hydrogens (tertiary/aromatic N) is 1. The Balaban J connectivity index is 2.43. The summed E-state index contributed by atoms with van der Waals surface area (Å²) in [6.07, 6.45) is 4.53. The lowest BCUT2D eigenvalue weighted by Gasteiger charge is -2.37. The number of aromatic hydroxyl groups is 1. The molecule has 3 heteroatoms. The maximum absolute atomic E-state index is 10.4. The minimum atomic E-state index is -0.361. The number of hydrogen-bond donors (Lipinski definition) is 1. The van der Waals surface area contributed by atoms with Crippen molar-refractivity contribution >= 4 is 6.08 Å². The fraction of sp³-hybridized carbons (Fsp3) is 0.417. The first kappa shape index (κ1) is 9.94. The average molecular weight is 203 g/mol. The van der Waals surface area contributed by atoms with E-state index in [4.69, 9.17) is 0 Å². The fourth-order valence-corrected chi connectivity index (χ4v) is 2.01. The van der Waals surface area contributed by atoms with Gasteiger partial charge in [-0.3, -0.25) is 0 Å². The zero-order valence-electron chi connectivity index (χ0n) is 8.66. The Morgan fingerprint density at radius 3 is 2.67 bits per heavy atom. The average Bonchev–Trinajstić information content (AvgIpc) is 2.16. The molecule has 1 N–H and O–H groups in total. The molecule has 15 heavy (non-hydrogen) atoms. The van der Waals surface area contributed by atoms with Crippen LogP contribution in [0.3, 0.4) is 0 Å². The minimum absolute atomic E-state index is 0.281. The Bertz CT molecular complexity index is 429. The molecule has 0 radical (unpaired) electrons. The van der Waals surface area contributed by atoms with Crippen molar-refractivity contribution in [3.05, 3.63) is 29.3 Å². The van der Waals surface area contributed by atoms with Crippen LogP contribution in [0.2, 0.25) is 0 Å². The maximum atomic E-state index is 10.4. The molecule has 1 aromatic rings. The molecule has 3 nitrogen and oxygen atoms in total. The third kappa shape index (κ3) is 1.55. The van der Waals surface area contributed by atoms with E-state index in [1.165, 1.54) is 0 Å². The first-order valence-electron chi connectivity index (χ1n) is 5.07. The number of carbonyl (C=O) groups excluding carboxylic acids is 1. The molecule has 1 aliphatic carbocycles. The molecule has 1 aliphatic rings. The molecule has 0 heterocycles. The second-order valence-electron chi connectivity index (χ2n) is 4.09. The first-order valence-corrected chi connectivity index (χ1v) is 5.07. The Hall–Kier alpha value is -1.60. The normalized spacial score (nSPS) is 17.7. The predicted octanol–water partition coefficient (Wildman–Crippen LogP) is 2.42. The van der Waals surface area contributed by atoms with E-state index in [1.54, 1.807) is 12.1 Å². The highest BCUT2D eigenvalue weighted by molar-refractivity contribution is 5.43. The van der Waals surface area contributed by atoms with Gasteiger partial charge in [0, 0.05) is 0 Å². The van der Waals surface area contributed by atoms with E-state index < -0.39 is 0 Å². The van der Waals surface area contributed by atoms with Crippen molar-refractivity contribution < 1.29 is 9.90 Å². The lowest BCUT2D eigenvalue weighted by molar-refractivity contribution is 0.255. The number of phenols is 1. The monoisotopic (exact) mass is 203 g/mol. The lowest BCUT2D eigenvalue weighted by Crippen LogP contribution is -2.31. The first-order chi connectivity index (χ1) is 7.18. The molecule has 0 spiro atoms. The number of isocyanates is 1. The Labute approximate surface area is 88.5 Å². The smallest absolute Gasteiger partial charge is 0.235 e. The van der Waals surface area contributed by atoms with E-state index in [-0.39, 0.29) is 11.3 Å². The third-order valence-electron chi connectivity index (χ3n) is 3.17. The Kier molecular flexibility index (Phi) is 2.33. The van der Waals surface area contributed by atoms with Crippen LogP contribution in [0.4, 0.5) is 0 Å². The largest absolute Gasteiger partial charge is 0.508 e. The van der Waals surface area contributed by atoms with Gasteiger partial charge in [-0.2, -0.15) is 4.99 Å². The number of aryl methyl sites for hydroxylation is 1. The number of benzene rings is 1. The fourth-order valence-electron chi connectivity index (χ4n) is 2.01. The summed E-state index contributed by atoms with van der Waals surface area (Å²) in [5, 5.41) is 9.42. The molecular formula is C12H13NO2. The quantitative estimate of drug-likeness (QED) is 0.592. The van der Waals surface area contributed by atoms with E-state index in [1.807, 2.05) is 19.1 Å². The summed E-state index contributed by atoms with van der Waals surface area (Å²) in [6, 6.07) is 5.39. The van der Waals surface area contributed by atoms with Gasteiger partial charge in [0.25, 0.3) is 0 Å². The molecule has 0 bridgehead atoms. The van der Waals surface area contributed by atoms with Crippen molar-refractivity contribution in [2.24, 2.45) is 4.99 Å². The lowest BCUT2D eigenvalue weighted by atomic mass is 9.72. The molecule has 0 aromatic heterocycles. The molecule has 78 valence electrons. The van der Waals surface area contributed by atoms with E-state index in [9.17, 15) is 9.90 Å². The van der Waals surface area contributed by atoms with Crippen LogP contribution in [0.1, 0.15) is 30.4 Å². The van der Waals surface area contributed by atoms with Gasteiger partial charge in [-0.25, -0.2) is 4.79 Å². The minimum Gasteiger partial charge on any atom is -0.508 e. The van der Waals surface area contributed by atoms with Gasteiger partial charge in [0.15, 0.2) is 0 Å². The summed E-state index contributed by atoms with van der Waals surface area (Å²) < 4.78 is 0. The van der Waals surface area contributed by atoms with Gasteiger partial charge >= 0.3 is 0 Å². The van der Waals surface area contributed by atoms with Gasteiger partial charge in [0.05, 0.1) is 5.54 Å². The van der Waals surface area contributed by atoms with Gasteiger partial charge < -0.3 is 5.11 Å².